The largest absolute Gasteiger partial charge is 0.361 e. The van der Waals surface area contributed by atoms with E-state index in [4.69, 9.17) is 4.52 Å². The van der Waals surface area contributed by atoms with Gasteiger partial charge in [0.1, 0.15) is 5.76 Å². The first-order valence-electron chi connectivity index (χ1n) is 7.70. The number of aromatic nitrogens is 2. The molecule has 4 rings (SSSR count). The topological polar surface area (TPSA) is 45.1 Å². The highest BCUT2D eigenvalue weighted by Gasteiger charge is 2.16. The zero-order chi connectivity index (χ0) is 14.9. The van der Waals surface area contributed by atoms with E-state index in [1.54, 1.807) is 0 Å². The van der Waals surface area contributed by atoms with E-state index < -0.39 is 0 Å². The van der Waals surface area contributed by atoms with Crippen molar-refractivity contribution in [1.29, 1.82) is 0 Å². The Kier molecular flexibility index (Phi) is 3.31. The molecule has 1 aromatic carbocycles. The van der Waals surface area contributed by atoms with Gasteiger partial charge in [0.2, 0.25) is 0 Å². The molecule has 0 amide bonds. The smallest absolute Gasteiger partial charge is 0.133 e. The summed E-state index contributed by atoms with van der Waals surface area (Å²) in [4.78, 5) is 5.76. The lowest BCUT2D eigenvalue weighted by Crippen LogP contribution is -2.28. The maximum Gasteiger partial charge on any atom is 0.133 e. The fourth-order valence-corrected chi connectivity index (χ4v) is 3.16. The Morgan fingerprint density at radius 3 is 3.00 bits per heavy atom. The number of nitrogens with one attached hydrogen (secondary N) is 1. The third kappa shape index (κ3) is 2.46. The van der Waals surface area contributed by atoms with Crippen molar-refractivity contribution in [2.75, 3.05) is 13.1 Å². The molecular formula is C18H19N3O. The Bertz CT molecular complexity index is 828. The van der Waals surface area contributed by atoms with Crippen LogP contribution < -0.4 is 0 Å². The minimum atomic E-state index is 0.856. The SMILES string of the molecule is Cc1cc(CN2CC=C(c3c[nH]c4ccccc34)CC2)no1. The zero-order valence-electron chi connectivity index (χ0n) is 12.7. The number of fused-ring (bicyclic) bond motifs is 1. The summed E-state index contributed by atoms with van der Waals surface area (Å²) in [7, 11) is 0. The van der Waals surface area contributed by atoms with Crippen LogP contribution in [0.4, 0.5) is 0 Å². The van der Waals surface area contributed by atoms with Crippen LogP contribution in [0.25, 0.3) is 16.5 Å². The highest BCUT2D eigenvalue weighted by molar-refractivity contribution is 5.92. The maximum absolute atomic E-state index is 5.14. The summed E-state index contributed by atoms with van der Waals surface area (Å²) in [5, 5.41) is 5.39. The summed E-state index contributed by atoms with van der Waals surface area (Å²) in [5.41, 5.74) is 5.00. The van der Waals surface area contributed by atoms with Gasteiger partial charge in [-0.3, -0.25) is 4.90 Å². The van der Waals surface area contributed by atoms with Gasteiger partial charge in [-0.2, -0.15) is 0 Å². The lowest BCUT2D eigenvalue weighted by atomic mass is 9.99. The molecule has 0 saturated carbocycles. The number of para-hydroxylation sites is 1. The molecule has 1 aliphatic rings. The van der Waals surface area contributed by atoms with E-state index in [0.29, 0.717) is 0 Å². The van der Waals surface area contributed by atoms with Crippen LogP contribution >= 0.6 is 0 Å². The van der Waals surface area contributed by atoms with E-state index in [1.165, 1.54) is 22.0 Å². The van der Waals surface area contributed by atoms with Gasteiger partial charge in [-0.1, -0.05) is 29.4 Å². The molecule has 0 bridgehead atoms. The first kappa shape index (κ1) is 13.3. The van der Waals surface area contributed by atoms with Crippen molar-refractivity contribution >= 4 is 16.5 Å². The standard InChI is InChI=1S/C18H19N3O/c1-13-10-15(20-22-13)12-21-8-6-14(7-9-21)17-11-19-18-5-3-2-4-16(17)18/h2-6,10-11,19H,7-9,12H2,1H3. The molecule has 112 valence electrons. The van der Waals surface area contributed by atoms with Crippen LogP contribution in [-0.4, -0.2) is 28.1 Å². The Labute approximate surface area is 129 Å². The number of hydrogen-bond acceptors (Lipinski definition) is 3. The van der Waals surface area contributed by atoms with Gasteiger partial charge in [-0.15, -0.1) is 0 Å². The molecule has 4 heteroatoms. The number of rotatable bonds is 3. The Morgan fingerprint density at radius 2 is 2.23 bits per heavy atom. The fourth-order valence-electron chi connectivity index (χ4n) is 3.16. The zero-order valence-corrected chi connectivity index (χ0v) is 12.7. The number of hydrogen-bond donors (Lipinski definition) is 1. The van der Waals surface area contributed by atoms with E-state index >= 15 is 0 Å². The molecule has 3 aromatic rings. The predicted molar refractivity (Wildman–Crippen MR) is 87.4 cm³/mol. The maximum atomic E-state index is 5.14. The van der Waals surface area contributed by atoms with Crippen LogP contribution in [0.5, 0.6) is 0 Å². The molecule has 0 aliphatic carbocycles. The summed E-state index contributed by atoms with van der Waals surface area (Å²) < 4.78 is 5.14. The number of nitrogens with zero attached hydrogens (tertiary/aromatic N) is 2. The quantitative estimate of drug-likeness (QED) is 0.800. The highest BCUT2D eigenvalue weighted by atomic mass is 16.5. The van der Waals surface area contributed by atoms with Crippen LogP contribution in [0, 0.1) is 6.92 Å². The average Bonchev–Trinajstić information content (AvgIpc) is 3.14. The van der Waals surface area contributed by atoms with Gasteiger partial charge in [-0.05, 0) is 25.0 Å². The van der Waals surface area contributed by atoms with Crippen molar-refractivity contribution in [3.63, 3.8) is 0 Å². The molecule has 0 atom stereocenters. The molecule has 22 heavy (non-hydrogen) atoms. The molecular weight excluding hydrogens is 274 g/mol. The third-order valence-corrected chi connectivity index (χ3v) is 4.29. The summed E-state index contributed by atoms with van der Waals surface area (Å²) >= 11 is 0. The molecule has 2 aromatic heterocycles. The molecule has 0 spiro atoms. The van der Waals surface area contributed by atoms with Gasteiger partial charge in [-0.25, -0.2) is 0 Å². The highest BCUT2D eigenvalue weighted by Crippen LogP contribution is 2.29. The molecule has 1 aliphatic heterocycles. The first-order valence-corrected chi connectivity index (χ1v) is 7.70. The van der Waals surface area contributed by atoms with Crippen molar-refractivity contribution in [2.45, 2.75) is 19.9 Å². The minimum Gasteiger partial charge on any atom is -0.361 e. The monoisotopic (exact) mass is 293 g/mol. The third-order valence-electron chi connectivity index (χ3n) is 4.29. The first-order chi connectivity index (χ1) is 10.8. The van der Waals surface area contributed by atoms with E-state index in [9.17, 15) is 0 Å². The minimum absolute atomic E-state index is 0.856. The Balaban J connectivity index is 1.51. The Hall–Kier alpha value is -2.33. The second kappa shape index (κ2) is 5.46. The van der Waals surface area contributed by atoms with Crippen molar-refractivity contribution in [2.24, 2.45) is 0 Å². The van der Waals surface area contributed by atoms with Gasteiger partial charge in [0.25, 0.3) is 0 Å². The van der Waals surface area contributed by atoms with E-state index in [0.717, 1.165) is 37.5 Å². The molecule has 0 unspecified atom stereocenters. The summed E-state index contributed by atoms with van der Waals surface area (Å²) in [5.74, 6) is 0.877. The normalized spacial score (nSPS) is 16.1. The van der Waals surface area contributed by atoms with Crippen LogP contribution in [0.1, 0.15) is 23.4 Å². The molecule has 0 saturated heterocycles. The lowest BCUT2D eigenvalue weighted by Gasteiger charge is -2.25. The summed E-state index contributed by atoms with van der Waals surface area (Å²) in [6.07, 6.45) is 5.54. The second-order valence-corrected chi connectivity index (χ2v) is 5.89. The van der Waals surface area contributed by atoms with Crippen LogP contribution in [0.3, 0.4) is 0 Å². The van der Waals surface area contributed by atoms with E-state index in [2.05, 4.69) is 51.6 Å². The van der Waals surface area contributed by atoms with Crippen molar-refractivity contribution in [3.8, 4) is 0 Å². The number of aromatic amines is 1. The van der Waals surface area contributed by atoms with Crippen LogP contribution in [0.2, 0.25) is 0 Å². The molecule has 0 fully saturated rings. The van der Waals surface area contributed by atoms with Gasteiger partial charge in [0, 0.05) is 48.4 Å². The molecule has 4 nitrogen and oxygen atoms in total. The van der Waals surface area contributed by atoms with Crippen LogP contribution in [0.15, 0.2) is 47.1 Å². The molecule has 0 radical (unpaired) electrons. The van der Waals surface area contributed by atoms with Gasteiger partial charge < -0.3 is 9.51 Å². The van der Waals surface area contributed by atoms with Gasteiger partial charge >= 0.3 is 0 Å². The lowest BCUT2D eigenvalue weighted by molar-refractivity contribution is 0.281. The predicted octanol–water partition coefficient (Wildman–Crippen LogP) is 3.75. The van der Waals surface area contributed by atoms with E-state index in [-0.39, 0.29) is 0 Å². The second-order valence-electron chi connectivity index (χ2n) is 5.89. The summed E-state index contributed by atoms with van der Waals surface area (Å²) in [6.45, 7) is 4.80. The average molecular weight is 293 g/mol. The summed E-state index contributed by atoms with van der Waals surface area (Å²) in [6, 6.07) is 10.5. The van der Waals surface area contributed by atoms with E-state index in [1.807, 2.05) is 13.0 Å². The number of aryl methyl sites for hydroxylation is 1. The number of H-pyrrole nitrogens is 1. The molecule has 3 heterocycles. The van der Waals surface area contributed by atoms with Gasteiger partial charge in [0.15, 0.2) is 0 Å². The van der Waals surface area contributed by atoms with Crippen molar-refractivity contribution in [1.82, 2.24) is 15.0 Å². The van der Waals surface area contributed by atoms with Crippen LogP contribution in [-0.2, 0) is 6.54 Å². The fraction of sp³-hybridized carbons (Fsp3) is 0.278. The van der Waals surface area contributed by atoms with Crippen molar-refractivity contribution in [3.05, 3.63) is 59.6 Å². The van der Waals surface area contributed by atoms with Gasteiger partial charge in [0.05, 0.1) is 5.69 Å². The Morgan fingerprint density at radius 1 is 1.32 bits per heavy atom. The number of benzene rings is 1. The van der Waals surface area contributed by atoms with Crippen molar-refractivity contribution < 1.29 is 4.52 Å². The molecule has 1 N–H and O–H groups in total.